The predicted octanol–water partition coefficient (Wildman–Crippen LogP) is 1.37. The van der Waals surface area contributed by atoms with E-state index in [0.29, 0.717) is 12.5 Å². The molecule has 1 aliphatic heterocycles. The van der Waals surface area contributed by atoms with Crippen LogP contribution in [0.15, 0.2) is 0 Å². The first-order chi connectivity index (χ1) is 9.28. The fourth-order valence-corrected chi connectivity index (χ4v) is 2.83. The van der Waals surface area contributed by atoms with Crippen LogP contribution in [0.1, 0.15) is 45.4 Å². The van der Waals surface area contributed by atoms with E-state index >= 15 is 0 Å². The standard InChI is InChI=1S/C15H29N3O/c1-2-10-18(12-13-5-8-16-9-6-13)11-7-15(19)17-14-3-4-14/h13-14,16H,2-12H2,1H3,(H,17,19). The number of rotatable bonds is 8. The van der Waals surface area contributed by atoms with Crippen LogP contribution in [-0.2, 0) is 4.79 Å². The summed E-state index contributed by atoms with van der Waals surface area (Å²) in [6, 6.07) is 0.497. The lowest BCUT2D eigenvalue weighted by molar-refractivity contribution is -0.121. The molecule has 2 N–H and O–H groups in total. The molecule has 1 saturated carbocycles. The van der Waals surface area contributed by atoms with Crippen molar-refractivity contribution in [2.24, 2.45) is 5.92 Å². The van der Waals surface area contributed by atoms with Gasteiger partial charge in [-0.25, -0.2) is 0 Å². The first kappa shape index (κ1) is 14.8. The van der Waals surface area contributed by atoms with Crippen LogP contribution in [0.5, 0.6) is 0 Å². The molecule has 0 radical (unpaired) electrons. The second kappa shape index (κ2) is 7.85. The number of hydrogen-bond acceptors (Lipinski definition) is 3. The number of nitrogens with one attached hydrogen (secondary N) is 2. The maximum atomic E-state index is 11.7. The second-order valence-electron chi connectivity index (χ2n) is 6.09. The van der Waals surface area contributed by atoms with Gasteiger partial charge in [-0.05, 0) is 57.7 Å². The van der Waals surface area contributed by atoms with Crippen LogP contribution >= 0.6 is 0 Å². The Morgan fingerprint density at radius 3 is 2.58 bits per heavy atom. The van der Waals surface area contributed by atoms with E-state index in [2.05, 4.69) is 22.5 Å². The molecule has 2 aliphatic rings. The van der Waals surface area contributed by atoms with Gasteiger partial charge in [0.15, 0.2) is 0 Å². The van der Waals surface area contributed by atoms with Gasteiger partial charge in [-0.1, -0.05) is 6.92 Å². The molecule has 19 heavy (non-hydrogen) atoms. The van der Waals surface area contributed by atoms with Gasteiger partial charge in [-0.2, -0.15) is 0 Å². The van der Waals surface area contributed by atoms with Crippen molar-refractivity contribution >= 4 is 5.91 Å². The minimum atomic E-state index is 0.244. The van der Waals surface area contributed by atoms with Gasteiger partial charge in [0.25, 0.3) is 0 Å². The first-order valence-corrected chi connectivity index (χ1v) is 8.00. The Kier molecular flexibility index (Phi) is 6.11. The molecule has 1 amide bonds. The number of hydrogen-bond donors (Lipinski definition) is 2. The SMILES string of the molecule is CCCN(CCC(=O)NC1CC1)CC1CCNCC1. The number of carbonyl (C=O) groups is 1. The molecule has 2 rings (SSSR count). The summed E-state index contributed by atoms with van der Waals surface area (Å²) in [6.07, 6.45) is 6.78. The van der Waals surface area contributed by atoms with Crippen LogP contribution in [0.3, 0.4) is 0 Å². The van der Waals surface area contributed by atoms with E-state index in [1.807, 2.05) is 0 Å². The van der Waals surface area contributed by atoms with Gasteiger partial charge >= 0.3 is 0 Å². The molecule has 110 valence electrons. The largest absolute Gasteiger partial charge is 0.353 e. The van der Waals surface area contributed by atoms with Crippen molar-refractivity contribution in [1.82, 2.24) is 15.5 Å². The zero-order chi connectivity index (χ0) is 13.5. The highest BCUT2D eigenvalue weighted by atomic mass is 16.1. The second-order valence-corrected chi connectivity index (χ2v) is 6.09. The Hall–Kier alpha value is -0.610. The average molecular weight is 267 g/mol. The van der Waals surface area contributed by atoms with Crippen LogP contribution < -0.4 is 10.6 Å². The monoisotopic (exact) mass is 267 g/mol. The number of nitrogens with zero attached hydrogens (tertiary/aromatic N) is 1. The maximum Gasteiger partial charge on any atom is 0.221 e. The molecule has 4 nitrogen and oxygen atoms in total. The van der Waals surface area contributed by atoms with Gasteiger partial charge in [-0.15, -0.1) is 0 Å². The van der Waals surface area contributed by atoms with Crippen molar-refractivity contribution in [3.05, 3.63) is 0 Å². The molecule has 0 aromatic heterocycles. The highest BCUT2D eigenvalue weighted by Gasteiger charge is 2.23. The highest BCUT2D eigenvalue weighted by molar-refractivity contribution is 5.76. The Balaban J connectivity index is 1.66. The van der Waals surface area contributed by atoms with Gasteiger partial charge in [0, 0.05) is 25.6 Å². The number of piperidine rings is 1. The lowest BCUT2D eigenvalue weighted by Crippen LogP contribution is -2.38. The van der Waals surface area contributed by atoms with E-state index in [0.717, 1.165) is 32.1 Å². The van der Waals surface area contributed by atoms with Crippen LogP contribution in [-0.4, -0.2) is 49.6 Å². The molecule has 0 spiro atoms. The zero-order valence-corrected chi connectivity index (χ0v) is 12.3. The van der Waals surface area contributed by atoms with E-state index in [1.54, 1.807) is 0 Å². The van der Waals surface area contributed by atoms with Crippen LogP contribution in [0.4, 0.5) is 0 Å². The van der Waals surface area contributed by atoms with E-state index in [-0.39, 0.29) is 5.91 Å². The van der Waals surface area contributed by atoms with Gasteiger partial charge in [0.1, 0.15) is 0 Å². The summed E-state index contributed by atoms with van der Waals surface area (Å²) in [5.74, 6) is 1.06. The maximum absolute atomic E-state index is 11.7. The number of amides is 1. The molecular weight excluding hydrogens is 238 g/mol. The first-order valence-electron chi connectivity index (χ1n) is 8.00. The predicted molar refractivity (Wildman–Crippen MR) is 78.1 cm³/mol. The third-order valence-electron chi connectivity index (χ3n) is 4.11. The molecule has 0 unspecified atom stereocenters. The Morgan fingerprint density at radius 2 is 1.95 bits per heavy atom. The topological polar surface area (TPSA) is 44.4 Å². The van der Waals surface area contributed by atoms with Crippen LogP contribution in [0, 0.1) is 5.92 Å². The van der Waals surface area contributed by atoms with Crippen molar-refractivity contribution < 1.29 is 4.79 Å². The lowest BCUT2D eigenvalue weighted by Gasteiger charge is -2.29. The molecular formula is C15H29N3O. The third-order valence-corrected chi connectivity index (χ3v) is 4.11. The summed E-state index contributed by atoms with van der Waals surface area (Å²) in [6.45, 7) is 7.77. The quantitative estimate of drug-likeness (QED) is 0.698. The molecule has 0 atom stereocenters. The molecule has 1 aliphatic carbocycles. The minimum Gasteiger partial charge on any atom is -0.353 e. The molecule has 2 fully saturated rings. The van der Waals surface area contributed by atoms with E-state index < -0.39 is 0 Å². The fraction of sp³-hybridized carbons (Fsp3) is 0.933. The van der Waals surface area contributed by atoms with Crippen molar-refractivity contribution in [3.8, 4) is 0 Å². The summed E-state index contributed by atoms with van der Waals surface area (Å²) in [7, 11) is 0. The van der Waals surface area contributed by atoms with Gasteiger partial charge in [0.05, 0.1) is 0 Å². The summed E-state index contributed by atoms with van der Waals surface area (Å²) in [5, 5.41) is 6.50. The molecule has 0 aromatic carbocycles. The van der Waals surface area contributed by atoms with E-state index in [4.69, 9.17) is 0 Å². The van der Waals surface area contributed by atoms with Gasteiger partial charge < -0.3 is 15.5 Å². The zero-order valence-electron chi connectivity index (χ0n) is 12.3. The van der Waals surface area contributed by atoms with Gasteiger partial charge in [-0.3, -0.25) is 4.79 Å². The van der Waals surface area contributed by atoms with Crippen molar-refractivity contribution in [2.45, 2.75) is 51.5 Å². The Morgan fingerprint density at radius 1 is 1.21 bits per heavy atom. The van der Waals surface area contributed by atoms with Crippen LogP contribution in [0.25, 0.3) is 0 Å². The molecule has 0 bridgehead atoms. The summed E-state index contributed by atoms with van der Waals surface area (Å²) < 4.78 is 0. The lowest BCUT2D eigenvalue weighted by atomic mass is 9.97. The third kappa shape index (κ3) is 5.91. The van der Waals surface area contributed by atoms with E-state index in [9.17, 15) is 4.79 Å². The molecule has 1 saturated heterocycles. The Bertz CT molecular complexity index is 273. The van der Waals surface area contributed by atoms with Gasteiger partial charge in [0.2, 0.25) is 5.91 Å². The molecule has 0 aromatic rings. The highest BCUT2D eigenvalue weighted by Crippen LogP contribution is 2.18. The normalized spacial score (nSPS) is 20.7. The summed E-state index contributed by atoms with van der Waals surface area (Å²) in [5.41, 5.74) is 0. The smallest absolute Gasteiger partial charge is 0.221 e. The fourth-order valence-electron chi connectivity index (χ4n) is 2.83. The molecule has 1 heterocycles. The average Bonchev–Trinajstić information content (AvgIpc) is 3.21. The van der Waals surface area contributed by atoms with Crippen molar-refractivity contribution in [2.75, 3.05) is 32.7 Å². The van der Waals surface area contributed by atoms with Crippen LogP contribution in [0.2, 0.25) is 0 Å². The van der Waals surface area contributed by atoms with E-state index in [1.165, 1.54) is 38.6 Å². The number of carbonyl (C=O) groups excluding carboxylic acids is 1. The molecule has 4 heteroatoms. The van der Waals surface area contributed by atoms with Crippen molar-refractivity contribution in [1.29, 1.82) is 0 Å². The minimum absolute atomic E-state index is 0.244. The van der Waals surface area contributed by atoms with Crippen molar-refractivity contribution in [3.63, 3.8) is 0 Å². The Labute approximate surface area is 117 Å². The summed E-state index contributed by atoms with van der Waals surface area (Å²) >= 11 is 0. The summed E-state index contributed by atoms with van der Waals surface area (Å²) in [4.78, 5) is 14.2.